The van der Waals surface area contributed by atoms with Crippen LogP contribution in [0.5, 0.6) is 0 Å². The van der Waals surface area contributed by atoms with Crippen molar-refractivity contribution in [3.63, 3.8) is 0 Å². The van der Waals surface area contributed by atoms with E-state index in [2.05, 4.69) is 12.1 Å². The third kappa shape index (κ3) is 8.11. The Morgan fingerprint density at radius 1 is 1.25 bits per heavy atom. The summed E-state index contributed by atoms with van der Waals surface area (Å²) >= 11 is 18.7. The topological polar surface area (TPSA) is 9.23 Å². The molecule has 0 saturated heterocycles. The number of rotatable bonds is 8. The van der Waals surface area contributed by atoms with Crippen molar-refractivity contribution in [2.24, 2.45) is 0 Å². The average molecular weight is 352 g/mol. The van der Waals surface area contributed by atoms with Crippen LogP contribution >= 0.6 is 46.8 Å². The molecule has 1 aromatic carbocycles. The fourth-order valence-electron chi connectivity index (χ4n) is 1.32. The predicted octanol–water partition coefficient (Wildman–Crippen LogP) is 6.11. The van der Waals surface area contributed by atoms with Crippen molar-refractivity contribution < 1.29 is 4.18 Å². The van der Waals surface area contributed by atoms with E-state index < -0.39 is 4.84 Å². The summed E-state index contributed by atoms with van der Waals surface area (Å²) in [5.74, 6) is 0.817. The van der Waals surface area contributed by atoms with Crippen molar-refractivity contribution in [1.29, 1.82) is 0 Å². The van der Waals surface area contributed by atoms with Crippen LogP contribution in [-0.2, 0) is 9.94 Å². The van der Waals surface area contributed by atoms with Crippen molar-refractivity contribution >= 4 is 46.8 Å². The predicted molar refractivity (Wildman–Crippen MR) is 91.5 cm³/mol. The smallest absolute Gasteiger partial charge is 0.124 e. The molecule has 0 radical (unpaired) electrons. The highest BCUT2D eigenvalue weighted by Crippen LogP contribution is 2.19. The van der Waals surface area contributed by atoms with Crippen LogP contribution in [-0.4, -0.2) is 10.2 Å². The zero-order valence-corrected chi connectivity index (χ0v) is 14.2. The second-order valence-electron chi connectivity index (χ2n) is 4.18. The SMILES string of the molecule is CC(C=COSCc1ccccc1)=CCC(Cl)C(Cl)Cl. The van der Waals surface area contributed by atoms with E-state index in [1.807, 2.05) is 37.3 Å². The normalized spacial score (nSPS) is 13.9. The highest BCUT2D eigenvalue weighted by atomic mass is 35.5. The molecule has 0 aromatic heterocycles. The van der Waals surface area contributed by atoms with E-state index >= 15 is 0 Å². The molecule has 0 bridgehead atoms. The lowest BCUT2D eigenvalue weighted by molar-refractivity contribution is 0.564. The molecule has 0 aliphatic carbocycles. The molecule has 1 rings (SSSR count). The fourth-order valence-corrected chi connectivity index (χ4v) is 2.15. The van der Waals surface area contributed by atoms with Gasteiger partial charge >= 0.3 is 0 Å². The molecule has 0 aliphatic rings. The number of alkyl halides is 3. The molecule has 0 saturated carbocycles. The first-order chi connectivity index (χ1) is 9.59. The van der Waals surface area contributed by atoms with Gasteiger partial charge < -0.3 is 4.18 Å². The Bertz CT molecular complexity index is 432. The largest absolute Gasteiger partial charge is 0.433 e. The lowest BCUT2D eigenvalue weighted by atomic mass is 10.2. The number of benzene rings is 1. The van der Waals surface area contributed by atoms with Crippen LogP contribution in [0.15, 0.2) is 54.3 Å². The van der Waals surface area contributed by atoms with Gasteiger partial charge in [-0.2, -0.15) is 0 Å². The maximum Gasteiger partial charge on any atom is 0.124 e. The van der Waals surface area contributed by atoms with Crippen molar-refractivity contribution in [1.82, 2.24) is 0 Å². The lowest BCUT2D eigenvalue weighted by Crippen LogP contribution is -2.06. The maximum absolute atomic E-state index is 5.94. The van der Waals surface area contributed by atoms with Crippen LogP contribution in [0.3, 0.4) is 0 Å². The molecular weight excluding hydrogens is 335 g/mol. The van der Waals surface area contributed by atoms with Gasteiger partial charge in [0.05, 0.1) is 23.2 Å². The minimum Gasteiger partial charge on any atom is -0.433 e. The summed E-state index contributed by atoms with van der Waals surface area (Å²) < 4.78 is 5.37. The number of hydrogen-bond donors (Lipinski definition) is 0. The maximum atomic E-state index is 5.94. The first-order valence-electron chi connectivity index (χ1n) is 6.17. The second kappa shape index (κ2) is 10.4. The van der Waals surface area contributed by atoms with Crippen molar-refractivity contribution in [2.45, 2.75) is 29.3 Å². The Hall–Kier alpha value is -0.280. The molecule has 0 aliphatic heterocycles. The third-order valence-electron chi connectivity index (χ3n) is 2.46. The van der Waals surface area contributed by atoms with Crippen LogP contribution in [0.1, 0.15) is 18.9 Å². The Balaban J connectivity index is 2.22. The number of hydrogen-bond acceptors (Lipinski definition) is 2. The van der Waals surface area contributed by atoms with Crippen molar-refractivity contribution in [3.05, 3.63) is 59.9 Å². The third-order valence-corrected chi connectivity index (χ3v) is 4.46. The van der Waals surface area contributed by atoms with Gasteiger partial charge in [-0.3, -0.25) is 0 Å². The average Bonchev–Trinajstić information content (AvgIpc) is 2.45. The van der Waals surface area contributed by atoms with E-state index in [4.69, 9.17) is 39.0 Å². The Labute approximate surface area is 140 Å². The molecule has 110 valence electrons. The van der Waals surface area contributed by atoms with E-state index in [0.717, 1.165) is 11.3 Å². The molecule has 0 N–H and O–H groups in total. The van der Waals surface area contributed by atoms with Gasteiger partial charge in [0.25, 0.3) is 0 Å². The molecule has 0 heterocycles. The van der Waals surface area contributed by atoms with E-state index in [0.29, 0.717) is 6.42 Å². The zero-order valence-electron chi connectivity index (χ0n) is 11.1. The van der Waals surface area contributed by atoms with Gasteiger partial charge in [-0.05, 0) is 25.0 Å². The summed E-state index contributed by atoms with van der Waals surface area (Å²) in [5, 5.41) is -0.268. The summed E-state index contributed by atoms with van der Waals surface area (Å²) in [7, 11) is 0. The first kappa shape index (κ1) is 17.8. The molecule has 5 heteroatoms. The van der Waals surface area contributed by atoms with Crippen molar-refractivity contribution in [3.8, 4) is 0 Å². The monoisotopic (exact) mass is 350 g/mol. The van der Waals surface area contributed by atoms with Gasteiger partial charge in [-0.25, -0.2) is 0 Å². The number of allylic oxidation sites excluding steroid dienone is 3. The standard InChI is InChI=1S/C15H17Cl3OS/c1-12(7-8-14(16)15(17)18)9-10-19-20-11-13-5-3-2-4-6-13/h2-7,9-10,14-15H,8,11H2,1H3. The summed E-state index contributed by atoms with van der Waals surface area (Å²) in [5.41, 5.74) is 2.29. The van der Waals surface area contributed by atoms with Gasteiger partial charge in [0.1, 0.15) is 11.1 Å². The lowest BCUT2D eigenvalue weighted by Gasteiger charge is -2.06. The Kier molecular flexibility index (Phi) is 9.28. The molecule has 1 unspecified atom stereocenters. The molecule has 0 amide bonds. The van der Waals surface area contributed by atoms with Crippen LogP contribution in [0, 0.1) is 0 Å². The molecule has 0 fully saturated rings. The van der Waals surface area contributed by atoms with Gasteiger partial charge in [0.15, 0.2) is 0 Å². The highest BCUT2D eigenvalue weighted by Gasteiger charge is 2.11. The summed E-state index contributed by atoms with van der Waals surface area (Å²) in [4.78, 5) is -0.553. The van der Waals surface area contributed by atoms with E-state index in [1.54, 1.807) is 6.26 Å². The first-order valence-corrected chi connectivity index (χ1v) is 8.39. The molecule has 1 atom stereocenters. The molecule has 1 aromatic rings. The van der Waals surface area contributed by atoms with Crippen LogP contribution in [0.2, 0.25) is 0 Å². The summed E-state index contributed by atoms with van der Waals surface area (Å²) in [6.07, 6.45) is 6.17. The molecule has 20 heavy (non-hydrogen) atoms. The minimum atomic E-state index is -0.553. The summed E-state index contributed by atoms with van der Waals surface area (Å²) in [6, 6.07) is 10.2. The molecular formula is C15H17Cl3OS. The number of halogens is 3. The quantitative estimate of drug-likeness (QED) is 0.184. The van der Waals surface area contributed by atoms with Gasteiger partial charge in [-0.15, -0.1) is 34.8 Å². The van der Waals surface area contributed by atoms with E-state index in [1.165, 1.54) is 17.6 Å². The molecule has 0 spiro atoms. The van der Waals surface area contributed by atoms with E-state index in [9.17, 15) is 0 Å². The zero-order chi connectivity index (χ0) is 14.8. The second-order valence-corrected chi connectivity index (χ2v) is 6.62. The molecule has 1 nitrogen and oxygen atoms in total. The minimum absolute atomic E-state index is 0.268. The fraction of sp³-hybridized carbons (Fsp3) is 0.333. The van der Waals surface area contributed by atoms with E-state index in [-0.39, 0.29) is 5.38 Å². The van der Waals surface area contributed by atoms with Gasteiger partial charge in [-0.1, -0.05) is 42.0 Å². The van der Waals surface area contributed by atoms with Gasteiger partial charge in [0, 0.05) is 0 Å². The van der Waals surface area contributed by atoms with Crippen molar-refractivity contribution in [2.75, 3.05) is 0 Å². The summed E-state index contributed by atoms with van der Waals surface area (Å²) in [6.45, 7) is 1.98. The van der Waals surface area contributed by atoms with Gasteiger partial charge in [0.2, 0.25) is 0 Å². The Morgan fingerprint density at radius 3 is 2.60 bits per heavy atom. The van der Waals surface area contributed by atoms with Crippen LogP contribution in [0.4, 0.5) is 0 Å². The van der Waals surface area contributed by atoms with Crippen LogP contribution in [0.25, 0.3) is 0 Å². The Morgan fingerprint density at radius 2 is 1.95 bits per heavy atom. The highest BCUT2D eigenvalue weighted by molar-refractivity contribution is 7.93. The van der Waals surface area contributed by atoms with Crippen LogP contribution < -0.4 is 0 Å².